The van der Waals surface area contributed by atoms with Crippen LogP contribution in [0.25, 0.3) is 0 Å². The number of nitrogens with zero attached hydrogens (tertiary/aromatic N) is 2. The molecule has 6 nitrogen and oxygen atoms in total. The van der Waals surface area contributed by atoms with E-state index < -0.39 is 11.4 Å². The fraction of sp³-hybridized carbons (Fsp3) is 0.867. The van der Waals surface area contributed by atoms with Crippen molar-refractivity contribution >= 4 is 12.0 Å². The molecule has 1 atom stereocenters. The zero-order valence-corrected chi connectivity index (χ0v) is 12.9. The second kappa shape index (κ2) is 6.22. The lowest BCUT2D eigenvalue weighted by Gasteiger charge is -2.41. The van der Waals surface area contributed by atoms with Gasteiger partial charge in [0, 0.05) is 26.2 Å². The molecule has 2 aliphatic heterocycles. The minimum absolute atomic E-state index is 0.0199. The summed E-state index contributed by atoms with van der Waals surface area (Å²) in [5, 5.41) is 18.8. The van der Waals surface area contributed by atoms with Gasteiger partial charge in [-0.2, -0.15) is 0 Å². The van der Waals surface area contributed by atoms with Crippen molar-refractivity contribution in [2.24, 2.45) is 11.3 Å². The van der Waals surface area contributed by atoms with Crippen molar-refractivity contribution in [2.45, 2.75) is 45.6 Å². The Balaban J connectivity index is 1.84. The normalized spacial score (nSPS) is 24.7. The molecule has 2 saturated heterocycles. The van der Waals surface area contributed by atoms with Crippen molar-refractivity contribution in [3.63, 3.8) is 0 Å². The average Bonchev–Trinajstić information content (AvgIpc) is 2.47. The van der Waals surface area contributed by atoms with Gasteiger partial charge in [-0.15, -0.1) is 0 Å². The van der Waals surface area contributed by atoms with Crippen LogP contribution >= 0.6 is 0 Å². The SMILES string of the molecule is CC(O)C1CCN(C(=O)N2CCC(C)(C(=O)O)CC2)CC1. The average molecular weight is 298 g/mol. The van der Waals surface area contributed by atoms with Crippen LogP contribution in [0.15, 0.2) is 0 Å². The van der Waals surface area contributed by atoms with E-state index in [2.05, 4.69) is 0 Å². The molecule has 2 rings (SSSR count). The van der Waals surface area contributed by atoms with Gasteiger partial charge in [0.1, 0.15) is 0 Å². The molecule has 120 valence electrons. The van der Waals surface area contributed by atoms with Gasteiger partial charge in [-0.1, -0.05) is 0 Å². The molecule has 0 aliphatic carbocycles. The van der Waals surface area contributed by atoms with Crippen molar-refractivity contribution in [1.29, 1.82) is 0 Å². The largest absolute Gasteiger partial charge is 0.481 e. The first-order valence-corrected chi connectivity index (χ1v) is 7.79. The number of carbonyl (C=O) groups excluding carboxylic acids is 1. The summed E-state index contributed by atoms with van der Waals surface area (Å²) in [6.07, 6.45) is 2.39. The number of amides is 2. The highest BCUT2D eigenvalue weighted by Gasteiger charge is 2.39. The molecule has 0 bridgehead atoms. The number of piperidine rings is 2. The van der Waals surface area contributed by atoms with Crippen LogP contribution in [0.4, 0.5) is 4.79 Å². The number of hydrogen-bond acceptors (Lipinski definition) is 3. The zero-order valence-electron chi connectivity index (χ0n) is 12.9. The quantitative estimate of drug-likeness (QED) is 0.807. The molecule has 0 aromatic rings. The van der Waals surface area contributed by atoms with Crippen molar-refractivity contribution in [2.75, 3.05) is 26.2 Å². The molecule has 2 aliphatic rings. The van der Waals surface area contributed by atoms with Crippen LogP contribution < -0.4 is 0 Å². The third-order valence-corrected chi connectivity index (χ3v) is 5.15. The maximum absolute atomic E-state index is 12.5. The Hall–Kier alpha value is -1.30. The number of carboxylic acid groups (broad SMARTS) is 1. The highest BCUT2D eigenvalue weighted by Crippen LogP contribution is 2.32. The van der Waals surface area contributed by atoms with Gasteiger partial charge in [0.25, 0.3) is 0 Å². The molecule has 2 amide bonds. The zero-order chi connectivity index (χ0) is 15.6. The van der Waals surface area contributed by atoms with Gasteiger partial charge >= 0.3 is 12.0 Å². The maximum atomic E-state index is 12.5. The summed E-state index contributed by atoms with van der Waals surface area (Å²) in [6.45, 7) is 5.95. The fourth-order valence-corrected chi connectivity index (χ4v) is 3.18. The van der Waals surface area contributed by atoms with Crippen LogP contribution in [-0.2, 0) is 4.79 Å². The standard InChI is InChI=1S/C15H26N2O4/c1-11(18)12-3-7-16(8-4-12)14(21)17-9-5-15(2,6-10-17)13(19)20/h11-12,18H,3-10H2,1-2H3,(H,19,20). The Morgan fingerprint density at radius 3 is 2.00 bits per heavy atom. The van der Waals surface area contributed by atoms with E-state index in [0.717, 1.165) is 12.8 Å². The number of aliphatic hydroxyl groups is 1. The number of likely N-dealkylation sites (tertiary alicyclic amines) is 2. The van der Waals surface area contributed by atoms with Crippen molar-refractivity contribution in [3.8, 4) is 0 Å². The molecule has 2 N–H and O–H groups in total. The summed E-state index contributed by atoms with van der Waals surface area (Å²) in [5.41, 5.74) is -0.698. The number of aliphatic hydroxyl groups excluding tert-OH is 1. The molecule has 2 fully saturated rings. The van der Waals surface area contributed by atoms with E-state index >= 15 is 0 Å². The molecule has 1 unspecified atom stereocenters. The summed E-state index contributed by atoms with van der Waals surface area (Å²) in [5.74, 6) is -0.488. The number of carboxylic acids is 1. The van der Waals surface area contributed by atoms with Gasteiger partial charge in [0.15, 0.2) is 0 Å². The Morgan fingerprint density at radius 1 is 1.10 bits per heavy atom. The van der Waals surface area contributed by atoms with Crippen LogP contribution in [0.1, 0.15) is 39.5 Å². The molecule has 0 saturated carbocycles. The summed E-state index contributed by atoms with van der Waals surface area (Å²) < 4.78 is 0. The van der Waals surface area contributed by atoms with Crippen LogP contribution in [0.5, 0.6) is 0 Å². The van der Waals surface area contributed by atoms with Crippen LogP contribution in [-0.4, -0.2) is 64.3 Å². The molecule has 0 aromatic carbocycles. The summed E-state index contributed by atoms with van der Waals surface area (Å²) >= 11 is 0. The predicted octanol–water partition coefficient (Wildman–Crippen LogP) is 1.39. The molecule has 2 heterocycles. The van der Waals surface area contributed by atoms with Crippen LogP contribution in [0.3, 0.4) is 0 Å². The molecule has 21 heavy (non-hydrogen) atoms. The van der Waals surface area contributed by atoms with Gasteiger partial charge in [0.2, 0.25) is 0 Å². The van der Waals surface area contributed by atoms with E-state index in [-0.39, 0.29) is 18.1 Å². The van der Waals surface area contributed by atoms with Gasteiger partial charge in [-0.25, -0.2) is 4.79 Å². The van der Waals surface area contributed by atoms with Crippen molar-refractivity contribution in [1.82, 2.24) is 9.80 Å². The number of rotatable bonds is 2. The number of urea groups is 1. The Bertz CT molecular complexity index is 394. The molecule has 0 spiro atoms. The predicted molar refractivity (Wildman–Crippen MR) is 77.9 cm³/mol. The molecule has 0 aromatic heterocycles. The number of aliphatic carboxylic acids is 1. The Morgan fingerprint density at radius 2 is 1.57 bits per heavy atom. The topological polar surface area (TPSA) is 81.1 Å². The molecule has 6 heteroatoms. The number of hydrogen-bond donors (Lipinski definition) is 2. The van der Waals surface area contributed by atoms with Gasteiger partial charge in [0.05, 0.1) is 11.5 Å². The summed E-state index contributed by atoms with van der Waals surface area (Å²) in [6, 6.07) is 0.0199. The minimum Gasteiger partial charge on any atom is -0.481 e. The monoisotopic (exact) mass is 298 g/mol. The maximum Gasteiger partial charge on any atom is 0.319 e. The smallest absolute Gasteiger partial charge is 0.319 e. The van der Waals surface area contributed by atoms with E-state index in [1.165, 1.54) is 0 Å². The second-order valence-electron chi connectivity index (χ2n) is 6.70. The highest BCUT2D eigenvalue weighted by atomic mass is 16.4. The van der Waals surface area contributed by atoms with E-state index in [4.69, 9.17) is 0 Å². The van der Waals surface area contributed by atoms with E-state index in [1.54, 1.807) is 18.7 Å². The minimum atomic E-state index is -0.771. The van der Waals surface area contributed by atoms with Crippen molar-refractivity contribution in [3.05, 3.63) is 0 Å². The van der Waals surface area contributed by atoms with Crippen molar-refractivity contribution < 1.29 is 19.8 Å². The Labute approximate surface area is 125 Å². The summed E-state index contributed by atoms with van der Waals surface area (Å²) in [4.78, 5) is 27.3. The first kappa shape index (κ1) is 16.1. The lowest BCUT2D eigenvalue weighted by molar-refractivity contribution is -0.150. The lowest BCUT2D eigenvalue weighted by atomic mass is 9.80. The molecule has 0 radical (unpaired) electrons. The van der Waals surface area contributed by atoms with Gasteiger partial charge in [-0.05, 0) is 45.4 Å². The summed E-state index contributed by atoms with van der Waals surface area (Å²) in [7, 11) is 0. The van der Waals surface area contributed by atoms with E-state index in [0.29, 0.717) is 39.0 Å². The third-order valence-electron chi connectivity index (χ3n) is 5.15. The third kappa shape index (κ3) is 3.48. The number of carbonyl (C=O) groups is 2. The molecular weight excluding hydrogens is 272 g/mol. The van der Waals surface area contributed by atoms with Gasteiger partial charge < -0.3 is 20.0 Å². The molecular formula is C15H26N2O4. The van der Waals surface area contributed by atoms with Crippen LogP contribution in [0, 0.1) is 11.3 Å². The van der Waals surface area contributed by atoms with E-state index in [9.17, 15) is 19.8 Å². The first-order valence-electron chi connectivity index (χ1n) is 7.79. The lowest BCUT2D eigenvalue weighted by Crippen LogP contribution is -2.52. The highest BCUT2D eigenvalue weighted by molar-refractivity contribution is 5.77. The fourth-order valence-electron chi connectivity index (χ4n) is 3.18. The van der Waals surface area contributed by atoms with Crippen LogP contribution in [0.2, 0.25) is 0 Å². The Kier molecular flexibility index (Phi) is 4.76. The first-order chi connectivity index (χ1) is 9.83. The van der Waals surface area contributed by atoms with Gasteiger partial charge in [-0.3, -0.25) is 4.79 Å². The second-order valence-corrected chi connectivity index (χ2v) is 6.70. The van der Waals surface area contributed by atoms with E-state index in [1.807, 2.05) is 4.90 Å².